The van der Waals surface area contributed by atoms with Crippen LogP contribution in [-0.4, -0.2) is 22.6 Å². The second-order valence-corrected chi connectivity index (χ2v) is 4.41. The molecule has 1 aromatic heterocycles. The van der Waals surface area contributed by atoms with E-state index >= 15 is 0 Å². The molecule has 3 N–H and O–H groups in total. The van der Waals surface area contributed by atoms with Crippen LogP contribution < -0.4 is 10.6 Å². The number of aromatic carboxylic acids is 1. The molecule has 2 rings (SSSR count). The van der Waals surface area contributed by atoms with Gasteiger partial charge in [-0.15, -0.1) is 0 Å². The fraction of sp³-hybridized carbons (Fsp3) is 0.200. The highest BCUT2D eigenvalue weighted by Gasteiger charge is 2.11. The van der Waals surface area contributed by atoms with Crippen molar-refractivity contribution in [1.29, 1.82) is 0 Å². The van der Waals surface area contributed by atoms with Gasteiger partial charge in [-0.25, -0.2) is 4.79 Å². The van der Waals surface area contributed by atoms with Crippen LogP contribution >= 0.6 is 0 Å². The van der Waals surface area contributed by atoms with Gasteiger partial charge in [0, 0.05) is 24.1 Å². The second-order valence-electron chi connectivity index (χ2n) is 4.41. The number of hydrogen-bond donors (Lipinski definition) is 2. The van der Waals surface area contributed by atoms with Crippen molar-refractivity contribution >= 4 is 17.3 Å². The van der Waals surface area contributed by atoms with Gasteiger partial charge in [0.05, 0.1) is 17.8 Å². The van der Waals surface area contributed by atoms with E-state index in [1.54, 1.807) is 18.3 Å². The molecule has 2 aromatic rings. The van der Waals surface area contributed by atoms with E-state index in [1.807, 2.05) is 25.1 Å². The van der Waals surface area contributed by atoms with Crippen LogP contribution in [0.5, 0.6) is 0 Å². The molecular formula is C15H17N3O2. The Labute approximate surface area is 117 Å². The van der Waals surface area contributed by atoms with Gasteiger partial charge in [0.25, 0.3) is 0 Å². The molecule has 0 aliphatic rings. The molecule has 0 aliphatic heterocycles. The molecule has 0 saturated heterocycles. The van der Waals surface area contributed by atoms with Crippen LogP contribution in [-0.2, 0) is 6.54 Å². The number of carbonyl (C=O) groups is 1. The molecule has 104 valence electrons. The van der Waals surface area contributed by atoms with Gasteiger partial charge < -0.3 is 15.7 Å². The predicted molar refractivity (Wildman–Crippen MR) is 78.8 cm³/mol. The largest absolute Gasteiger partial charge is 0.478 e. The molecule has 1 heterocycles. The van der Waals surface area contributed by atoms with Crippen LogP contribution in [0, 0.1) is 0 Å². The molecular weight excluding hydrogens is 254 g/mol. The summed E-state index contributed by atoms with van der Waals surface area (Å²) < 4.78 is 0. The average Bonchev–Trinajstić information content (AvgIpc) is 2.45. The van der Waals surface area contributed by atoms with Crippen LogP contribution in [0.15, 0.2) is 42.6 Å². The van der Waals surface area contributed by atoms with Crippen molar-refractivity contribution in [3.63, 3.8) is 0 Å². The number of hydrogen-bond acceptors (Lipinski definition) is 4. The molecule has 0 saturated carbocycles. The third-order valence-electron chi connectivity index (χ3n) is 3.09. The van der Waals surface area contributed by atoms with Gasteiger partial charge in [-0.1, -0.05) is 6.07 Å². The number of carboxylic acids is 1. The third kappa shape index (κ3) is 3.06. The Kier molecular flexibility index (Phi) is 4.20. The first-order valence-electron chi connectivity index (χ1n) is 6.39. The van der Waals surface area contributed by atoms with Crippen molar-refractivity contribution in [2.24, 2.45) is 0 Å². The molecule has 0 amide bonds. The molecule has 0 aliphatic carbocycles. The number of pyridine rings is 1. The number of carboxylic acid groups (broad SMARTS) is 1. The van der Waals surface area contributed by atoms with E-state index < -0.39 is 5.97 Å². The summed E-state index contributed by atoms with van der Waals surface area (Å²) in [5.41, 5.74) is 8.03. The van der Waals surface area contributed by atoms with Gasteiger partial charge in [0.1, 0.15) is 0 Å². The highest BCUT2D eigenvalue weighted by atomic mass is 16.4. The monoisotopic (exact) mass is 271 g/mol. The van der Waals surface area contributed by atoms with E-state index in [0.29, 0.717) is 6.54 Å². The number of nitrogens with two attached hydrogens (primary N) is 1. The summed E-state index contributed by atoms with van der Waals surface area (Å²) in [5, 5.41) is 8.98. The molecule has 1 aromatic carbocycles. The minimum absolute atomic E-state index is 0.127. The minimum Gasteiger partial charge on any atom is -0.478 e. The van der Waals surface area contributed by atoms with Crippen molar-refractivity contribution < 1.29 is 9.90 Å². The highest BCUT2D eigenvalue weighted by Crippen LogP contribution is 2.22. The van der Waals surface area contributed by atoms with Gasteiger partial charge in [-0.3, -0.25) is 4.98 Å². The van der Waals surface area contributed by atoms with Crippen LogP contribution in [0.25, 0.3) is 0 Å². The second kappa shape index (κ2) is 6.06. The molecule has 5 nitrogen and oxygen atoms in total. The van der Waals surface area contributed by atoms with Crippen LogP contribution in [0.1, 0.15) is 23.0 Å². The van der Waals surface area contributed by atoms with E-state index in [-0.39, 0.29) is 11.3 Å². The lowest BCUT2D eigenvalue weighted by Gasteiger charge is -2.23. The molecule has 20 heavy (non-hydrogen) atoms. The molecule has 0 atom stereocenters. The number of benzene rings is 1. The molecule has 0 bridgehead atoms. The Morgan fingerprint density at radius 3 is 2.70 bits per heavy atom. The molecule has 5 heteroatoms. The van der Waals surface area contributed by atoms with Gasteiger partial charge >= 0.3 is 5.97 Å². The normalized spacial score (nSPS) is 10.2. The fourth-order valence-corrected chi connectivity index (χ4v) is 2.01. The average molecular weight is 271 g/mol. The number of nitrogens with zero attached hydrogens (tertiary/aromatic N) is 2. The summed E-state index contributed by atoms with van der Waals surface area (Å²) in [6.45, 7) is 3.47. The highest BCUT2D eigenvalue weighted by molar-refractivity contribution is 5.94. The van der Waals surface area contributed by atoms with Crippen LogP contribution in [0.3, 0.4) is 0 Å². The summed E-state index contributed by atoms with van der Waals surface area (Å²) in [6, 6.07) is 10.8. The zero-order chi connectivity index (χ0) is 14.5. The molecule has 0 spiro atoms. The van der Waals surface area contributed by atoms with E-state index in [4.69, 9.17) is 10.8 Å². The summed E-state index contributed by atoms with van der Waals surface area (Å²) in [6.07, 6.45) is 1.76. The summed E-state index contributed by atoms with van der Waals surface area (Å²) in [5.74, 6) is -1.01. The van der Waals surface area contributed by atoms with E-state index in [9.17, 15) is 4.79 Å². The molecule has 0 fully saturated rings. The quantitative estimate of drug-likeness (QED) is 0.816. The van der Waals surface area contributed by atoms with Crippen LogP contribution in [0.2, 0.25) is 0 Å². The Morgan fingerprint density at radius 2 is 2.15 bits per heavy atom. The van der Waals surface area contributed by atoms with Crippen molar-refractivity contribution in [3.8, 4) is 0 Å². The number of aromatic nitrogens is 1. The van der Waals surface area contributed by atoms with Crippen molar-refractivity contribution in [1.82, 2.24) is 4.98 Å². The molecule has 0 unspecified atom stereocenters. The van der Waals surface area contributed by atoms with Gasteiger partial charge in [-0.05, 0) is 37.3 Å². The third-order valence-corrected chi connectivity index (χ3v) is 3.09. The van der Waals surface area contributed by atoms with Crippen molar-refractivity contribution in [3.05, 3.63) is 53.9 Å². The van der Waals surface area contributed by atoms with Gasteiger partial charge in [0.2, 0.25) is 0 Å². The summed E-state index contributed by atoms with van der Waals surface area (Å²) in [7, 11) is 0. The standard InChI is InChI=1S/C15H17N3O2/c1-2-18(10-11-5-3-4-8-17-11)12-6-7-13(15(19)20)14(16)9-12/h3-9H,2,10,16H2,1H3,(H,19,20). The SMILES string of the molecule is CCN(Cc1ccccn1)c1ccc(C(=O)O)c(N)c1. The first kappa shape index (κ1) is 13.9. The lowest BCUT2D eigenvalue weighted by Crippen LogP contribution is -2.22. The van der Waals surface area contributed by atoms with Gasteiger partial charge in [0.15, 0.2) is 0 Å². The summed E-state index contributed by atoms with van der Waals surface area (Å²) in [4.78, 5) is 17.3. The van der Waals surface area contributed by atoms with Gasteiger partial charge in [-0.2, -0.15) is 0 Å². The maximum Gasteiger partial charge on any atom is 0.337 e. The zero-order valence-corrected chi connectivity index (χ0v) is 11.3. The number of nitrogen functional groups attached to an aromatic ring is 1. The lowest BCUT2D eigenvalue weighted by atomic mass is 10.1. The molecule has 0 radical (unpaired) electrons. The Hall–Kier alpha value is -2.56. The Bertz CT molecular complexity index is 599. The van der Waals surface area contributed by atoms with E-state index in [0.717, 1.165) is 17.9 Å². The Morgan fingerprint density at radius 1 is 1.35 bits per heavy atom. The predicted octanol–water partition coefficient (Wildman–Crippen LogP) is 2.39. The van der Waals surface area contributed by atoms with E-state index in [2.05, 4.69) is 9.88 Å². The van der Waals surface area contributed by atoms with Crippen LogP contribution in [0.4, 0.5) is 11.4 Å². The Balaban J connectivity index is 2.24. The lowest BCUT2D eigenvalue weighted by molar-refractivity contribution is 0.0698. The smallest absolute Gasteiger partial charge is 0.337 e. The van der Waals surface area contributed by atoms with Crippen molar-refractivity contribution in [2.75, 3.05) is 17.2 Å². The summed E-state index contributed by atoms with van der Waals surface area (Å²) >= 11 is 0. The zero-order valence-electron chi connectivity index (χ0n) is 11.3. The topological polar surface area (TPSA) is 79.5 Å². The first-order valence-corrected chi connectivity index (χ1v) is 6.39. The first-order chi connectivity index (χ1) is 9.61. The maximum atomic E-state index is 11.0. The van der Waals surface area contributed by atoms with E-state index in [1.165, 1.54) is 6.07 Å². The number of anilines is 2. The fourth-order valence-electron chi connectivity index (χ4n) is 2.01. The minimum atomic E-state index is -1.01. The van der Waals surface area contributed by atoms with Crippen molar-refractivity contribution in [2.45, 2.75) is 13.5 Å². The maximum absolute atomic E-state index is 11.0. The number of rotatable bonds is 5.